The number of urea groups is 1. The number of para-hydroxylation sites is 1. The minimum absolute atomic E-state index is 0.105. The molecule has 0 radical (unpaired) electrons. The summed E-state index contributed by atoms with van der Waals surface area (Å²) in [5.41, 5.74) is 1.11. The molecule has 0 bridgehead atoms. The van der Waals surface area contributed by atoms with Crippen LogP contribution in [-0.2, 0) is 9.59 Å². The van der Waals surface area contributed by atoms with E-state index in [1.807, 2.05) is 19.9 Å². The van der Waals surface area contributed by atoms with Crippen LogP contribution in [0.1, 0.15) is 20.3 Å². The van der Waals surface area contributed by atoms with Crippen LogP contribution in [-0.4, -0.2) is 42.4 Å². The third kappa shape index (κ3) is 4.56. The van der Waals surface area contributed by atoms with Crippen LogP contribution in [0.2, 0.25) is 0 Å². The number of nitrogens with one attached hydrogen (secondary N) is 1. The van der Waals surface area contributed by atoms with Crippen molar-refractivity contribution in [3.63, 3.8) is 0 Å². The molecule has 1 saturated heterocycles. The largest absolute Gasteiger partial charge is 0.497 e. The lowest BCUT2D eigenvalue weighted by atomic mass is 10.1. The van der Waals surface area contributed by atoms with Crippen molar-refractivity contribution in [3.8, 4) is 5.75 Å². The predicted octanol–water partition coefficient (Wildman–Crippen LogP) is 3.52. The Morgan fingerprint density at radius 3 is 2.31 bits per heavy atom. The molecular weight excluding hydrogens is 370 g/mol. The third-order valence-electron chi connectivity index (χ3n) is 4.65. The van der Waals surface area contributed by atoms with E-state index in [1.165, 1.54) is 4.90 Å². The number of amides is 4. The molecule has 1 fully saturated rings. The molecule has 1 atom stereocenters. The number of rotatable bonds is 7. The van der Waals surface area contributed by atoms with Gasteiger partial charge >= 0.3 is 6.03 Å². The number of methoxy groups -OCH3 is 1. The number of ether oxygens (including phenoxy) is 1. The molecule has 1 aliphatic heterocycles. The second-order valence-corrected chi connectivity index (χ2v) is 7.33. The van der Waals surface area contributed by atoms with Gasteiger partial charge in [-0.15, -0.1) is 0 Å². The zero-order chi connectivity index (χ0) is 21.0. The van der Waals surface area contributed by atoms with E-state index in [0.717, 1.165) is 4.90 Å². The van der Waals surface area contributed by atoms with Gasteiger partial charge in [-0.3, -0.25) is 9.59 Å². The molecule has 1 aliphatic rings. The first kappa shape index (κ1) is 20.4. The number of nitrogens with zero attached hydrogens (tertiary/aromatic N) is 2. The summed E-state index contributed by atoms with van der Waals surface area (Å²) in [6, 6.07) is 14.5. The molecule has 2 aromatic rings. The minimum atomic E-state index is -0.830. The van der Waals surface area contributed by atoms with Crippen LogP contribution in [0.5, 0.6) is 5.75 Å². The first-order valence-corrected chi connectivity index (χ1v) is 9.54. The van der Waals surface area contributed by atoms with Crippen molar-refractivity contribution in [1.82, 2.24) is 4.90 Å². The number of hydrogen-bond acceptors (Lipinski definition) is 4. The fourth-order valence-electron chi connectivity index (χ4n) is 3.31. The lowest BCUT2D eigenvalue weighted by Crippen LogP contribution is -2.40. The Morgan fingerprint density at radius 1 is 1.07 bits per heavy atom. The average Bonchev–Trinajstić information content (AvgIpc) is 2.92. The fourth-order valence-corrected chi connectivity index (χ4v) is 3.31. The molecule has 29 heavy (non-hydrogen) atoms. The van der Waals surface area contributed by atoms with Crippen LogP contribution in [0.15, 0.2) is 54.6 Å². The smallest absolute Gasteiger partial charge is 0.332 e. The summed E-state index contributed by atoms with van der Waals surface area (Å²) in [6.07, 6.45) is -0.105. The maximum atomic E-state index is 13.0. The van der Waals surface area contributed by atoms with Crippen LogP contribution in [0.4, 0.5) is 16.2 Å². The molecule has 0 aromatic heterocycles. The predicted molar refractivity (Wildman–Crippen MR) is 111 cm³/mol. The van der Waals surface area contributed by atoms with Gasteiger partial charge in [0.05, 0.1) is 19.2 Å². The van der Waals surface area contributed by atoms with Crippen molar-refractivity contribution in [2.24, 2.45) is 5.92 Å². The van der Waals surface area contributed by atoms with E-state index >= 15 is 0 Å². The number of carbonyl (C=O) groups excluding carboxylic acids is 3. The second kappa shape index (κ2) is 8.77. The highest BCUT2D eigenvalue weighted by atomic mass is 16.5. The SMILES string of the molecule is COc1ccc(NC(=O)C[C@H]2C(=O)N(c3ccccc3)C(=O)N2CC(C)C)cc1. The Hall–Kier alpha value is -3.35. The molecule has 0 aliphatic carbocycles. The topological polar surface area (TPSA) is 79.0 Å². The minimum Gasteiger partial charge on any atom is -0.497 e. The zero-order valence-electron chi connectivity index (χ0n) is 16.8. The van der Waals surface area contributed by atoms with Crippen molar-refractivity contribution in [3.05, 3.63) is 54.6 Å². The van der Waals surface area contributed by atoms with Crippen molar-refractivity contribution in [2.75, 3.05) is 23.9 Å². The van der Waals surface area contributed by atoms with Crippen molar-refractivity contribution < 1.29 is 19.1 Å². The number of carbonyl (C=O) groups is 3. The maximum absolute atomic E-state index is 13.0. The molecule has 7 nitrogen and oxygen atoms in total. The van der Waals surface area contributed by atoms with Crippen molar-refractivity contribution in [1.29, 1.82) is 0 Å². The molecule has 0 spiro atoms. The highest BCUT2D eigenvalue weighted by Crippen LogP contribution is 2.27. The molecule has 1 N–H and O–H groups in total. The Balaban J connectivity index is 1.78. The second-order valence-electron chi connectivity index (χ2n) is 7.33. The van der Waals surface area contributed by atoms with Crippen LogP contribution in [0.3, 0.4) is 0 Å². The highest BCUT2D eigenvalue weighted by Gasteiger charge is 2.46. The summed E-state index contributed by atoms with van der Waals surface area (Å²) < 4.78 is 5.11. The van der Waals surface area contributed by atoms with Gasteiger partial charge in [-0.25, -0.2) is 9.69 Å². The zero-order valence-corrected chi connectivity index (χ0v) is 16.8. The summed E-state index contributed by atoms with van der Waals surface area (Å²) in [7, 11) is 1.57. The normalized spacial score (nSPS) is 16.5. The molecule has 4 amide bonds. The van der Waals surface area contributed by atoms with Crippen LogP contribution in [0.25, 0.3) is 0 Å². The van der Waals surface area contributed by atoms with Gasteiger partial charge in [0.1, 0.15) is 11.8 Å². The summed E-state index contributed by atoms with van der Waals surface area (Å²) in [5.74, 6) is 0.132. The van der Waals surface area contributed by atoms with Gasteiger partial charge in [-0.1, -0.05) is 32.0 Å². The monoisotopic (exact) mass is 395 g/mol. The van der Waals surface area contributed by atoms with Gasteiger partial charge in [0, 0.05) is 12.2 Å². The summed E-state index contributed by atoms with van der Waals surface area (Å²) >= 11 is 0. The quantitative estimate of drug-likeness (QED) is 0.728. The molecule has 3 rings (SSSR count). The van der Waals surface area contributed by atoms with E-state index in [0.29, 0.717) is 23.7 Å². The van der Waals surface area contributed by atoms with E-state index in [-0.39, 0.29) is 24.2 Å². The molecule has 152 valence electrons. The third-order valence-corrected chi connectivity index (χ3v) is 4.65. The van der Waals surface area contributed by atoms with Gasteiger partial charge in [0.2, 0.25) is 5.91 Å². The first-order chi connectivity index (χ1) is 13.9. The molecular formula is C22H25N3O4. The maximum Gasteiger partial charge on any atom is 0.332 e. The molecule has 2 aromatic carbocycles. The number of imide groups is 1. The first-order valence-electron chi connectivity index (χ1n) is 9.54. The fraction of sp³-hybridized carbons (Fsp3) is 0.318. The lowest BCUT2D eigenvalue weighted by molar-refractivity contribution is -0.124. The molecule has 7 heteroatoms. The molecule has 0 saturated carbocycles. The Kier molecular flexibility index (Phi) is 6.16. The molecule has 1 heterocycles. The van der Waals surface area contributed by atoms with Crippen LogP contribution in [0, 0.1) is 5.92 Å². The number of benzene rings is 2. The Morgan fingerprint density at radius 2 is 1.72 bits per heavy atom. The average molecular weight is 395 g/mol. The van der Waals surface area contributed by atoms with Gasteiger partial charge < -0.3 is 15.0 Å². The Labute approximate surface area is 170 Å². The highest BCUT2D eigenvalue weighted by molar-refractivity contribution is 6.22. The number of anilines is 2. The Bertz CT molecular complexity index is 881. The van der Waals surface area contributed by atoms with E-state index in [1.54, 1.807) is 55.6 Å². The molecule has 0 unspecified atom stereocenters. The van der Waals surface area contributed by atoms with Crippen molar-refractivity contribution >= 4 is 29.2 Å². The summed E-state index contributed by atoms with van der Waals surface area (Å²) in [6.45, 7) is 4.34. The van der Waals surface area contributed by atoms with Crippen LogP contribution < -0.4 is 15.0 Å². The van der Waals surface area contributed by atoms with E-state index < -0.39 is 12.1 Å². The number of hydrogen-bond donors (Lipinski definition) is 1. The van der Waals surface area contributed by atoms with Crippen LogP contribution >= 0.6 is 0 Å². The van der Waals surface area contributed by atoms with Gasteiger partial charge in [-0.05, 0) is 42.3 Å². The van der Waals surface area contributed by atoms with Gasteiger partial charge in [0.25, 0.3) is 5.91 Å². The van der Waals surface area contributed by atoms with Crippen molar-refractivity contribution in [2.45, 2.75) is 26.3 Å². The van der Waals surface area contributed by atoms with E-state index in [9.17, 15) is 14.4 Å². The standard InChI is InChI=1S/C22H25N3O4/c1-15(2)14-24-19(13-20(26)23-16-9-11-18(29-3)12-10-16)21(27)25(22(24)28)17-7-5-4-6-8-17/h4-12,15,19H,13-14H2,1-3H3,(H,23,26)/t19-/m0/s1. The van der Waals surface area contributed by atoms with Gasteiger partial charge in [-0.2, -0.15) is 0 Å². The summed E-state index contributed by atoms with van der Waals surface area (Å²) in [5, 5.41) is 2.78. The van der Waals surface area contributed by atoms with E-state index in [4.69, 9.17) is 4.74 Å². The lowest BCUT2D eigenvalue weighted by Gasteiger charge is -2.23. The summed E-state index contributed by atoms with van der Waals surface area (Å²) in [4.78, 5) is 41.3. The van der Waals surface area contributed by atoms with E-state index in [2.05, 4.69) is 5.32 Å². The van der Waals surface area contributed by atoms with Gasteiger partial charge in [0.15, 0.2) is 0 Å².